The largest absolute Gasteiger partial charge is 0.508 e. The molecule has 0 bridgehead atoms. The monoisotopic (exact) mass is 219 g/mol. The number of nitrogens with two attached hydrogens (primary N) is 1. The predicted octanol–water partition coefficient (Wildman–Crippen LogP) is 0.710. The molecule has 3 rings (SSSR count). The third-order valence-corrected chi connectivity index (χ3v) is 2.96. The standard InChI is InChI=1S/C11H13N3O2/c12-8-5-16-4-7(8)11-13-9-2-1-6(15)3-10(9)14-11/h1-3,7-8,15H,4-5,12H2,(H,13,14). The lowest BCUT2D eigenvalue weighted by molar-refractivity contribution is 0.190. The van der Waals surface area contributed by atoms with Crippen molar-refractivity contribution < 1.29 is 9.84 Å². The second kappa shape index (κ2) is 3.47. The highest BCUT2D eigenvalue weighted by Crippen LogP contribution is 2.25. The Morgan fingerprint density at radius 1 is 1.44 bits per heavy atom. The minimum absolute atomic E-state index is 0.00541. The normalized spacial score (nSPS) is 25.3. The summed E-state index contributed by atoms with van der Waals surface area (Å²) in [4.78, 5) is 7.64. The average molecular weight is 219 g/mol. The first-order valence-corrected chi connectivity index (χ1v) is 5.26. The van der Waals surface area contributed by atoms with Crippen LogP contribution in [0.25, 0.3) is 11.0 Å². The van der Waals surface area contributed by atoms with Crippen molar-refractivity contribution in [2.45, 2.75) is 12.0 Å². The van der Waals surface area contributed by atoms with Crippen molar-refractivity contribution in [2.24, 2.45) is 5.73 Å². The van der Waals surface area contributed by atoms with Gasteiger partial charge in [-0.2, -0.15) is 0 Å². The summed E-state index contributed by atoms with van der Waals surface area (Å²) in [6.07, 6.45) is 0. The summed E-state index contributed by atoms with van der Waals surface area (Å²) in [6.45, 7) is 1.18. The number of benzene rings is 1. The maximum atomic E-state index is 9.36. The van der Waals surface area contributed by atoms with Crippen LogP contribution in [0.1, 0.15) is 11.7 Å². The molecule has 0 spiro atoms. The first kappa shape index (κ1) is 9.62. The number of nitrogens with one attached hydrogen (secondary N) is 1. The van der Waals surface area contributed by atoms with Gasteiger partial charge in [-0.25, -0.2) is 4.98 Å². The second-order valence-corrected chi connectivity index (χ2v) is 4.13. The molecule has 5 heteroatoms. The maximum Gasteiger partial charge on any atom is 0.117 e. The van der Waals surface area contributed by atoms with Crippen molar-refractivity contribution in [1.29, 1.82) is 0 Å². The number of hydrogen-bond acceptors (Lipinski definition) is 4. The molecule has 4 N–H and O–H groups in total. The van der Waals surface area contributed by atoms with Gasteiger partial charge < -0.3 is 20.6 Å². The summed E-state index contributed by atoms with van der Waals surface area (Å²) in [5.41, 5.74) is 7.60. The highest BCUT2D eigenvalue weighted by Gasteiger charge is 2.28. The number of aromatic nitrogens is 2. The summed E-state index contributed by atoms with van der Waals surface area (Å²) < 4.78 is 5.31. The van der Waals surface area contributed by atoms with Crippen molar-refractivity contribution in [3.63, 3.8) is 0 Å². The molecule has 1 aromatic carbocycles. The molecule has 0 radical (unpaired) electrons. The first-order chi connectivity index (χ1) is 7.74. The van der Waals surface area contributed by atoms with Crippen molar-refractivity contribution in [3.05, 3.63) is 24.0 Å². The van der Waals surface area contributed by atoms with E-state index in [0.717, 1.165) is 16.9 Å². The van der Waals surface area contributed by atoms with E-state index in [1.165, 1.54) is 0 Å². The van der Waals surface area contributed by atoms with Gasteiger partial charge in [0.05, 0.1) is 30.2 Å². The summed E-state index contributed by atoms with van der Waals surface area (Å²) >= 11 is 0. The Labute approximate surface area is 92.2 Å². The van der Waals surface area contributed by atoms with E-state index in [1.807, 2.05) is 0 Å². The zero-order valence-corrected chi connectivity index (χ0v) is 8.68. The van der Waals surface area contributed by atoms with Gasteiger partial charge in [0.1, 0.15) is 11.6 Å². The number of nitrogens with zero attached hydrogens (tertiary/aromatic N) is 1. The second-order valence-electron chi connectivity index (χ2n) is 4.13. The topological polar surface area (TPSA) is 84.2 Å². The average Bonchev–Trinajstić information content (AvgIpc) is 2.82. The highest BCUT2D eigenvalue weighted by molar-refractivity contribution is 5.76. The molecule has 1 aromatic heterocycles. The summed E-state index contributed by atoms with van der Waals surface area (Å²) in [5, 5.41) is 9.36. The van der Waals surface area contributed by atoms with E-state index >= 15 is 0 Å². The van der Waals surface area contributed by atoms with Crippen LogP contribution in [0.2, 0.25) is 0 Å². The number of aromatic hydroxyl groups is 1. The SMILES string of the molecule is NC1COCC1c1nc2ccc(O)cc2[nH]1. The van der Waals surface area contributed by atoms with Crippen molar-refractivity contribution in [1.82, 2.24) is 9.97 Å². The molecule has 2 atom stereocenters. The Hall–Kier alpha value is -1.59. The van der Waals surface area contributed by atoms with Gasteiger partial charge >= 0.3 is 0 Å². The summed E-state index contributed by atoms with van der Waals surface area (Å²) in [7, 11) is 0. The number of rotatable bonds is 1. The van der Waals surface area contributed by atoms with Crippen LogP contribution in [-0.2, 0) is 4.74 Å². The number of imidazole rings is 1. The van der Waals surface area contributed by atoms with Crippen LogP contribution < -0.4 is 5.73 Å². The molecular weight excluding hydrogens is 206 g/mol. The number of phenolic OH excluding ortho intramolecular Hbond substituents is 1. The lowest BCUT2D eigenvalue weighted by Gasteiger charge is -2.08. The predicted molar refractivity (Wildman–Crippen MR) is 59.3 cm³/mol. The quantitative estimate of drug-likeness (QED) is 0.659. The van der Waals surface area contributed by atoms with E-state index in [0.29, 0.717) is 13.2 Å². The molecule has 2 unspecified atom stereocenters. The lowest BCUT2D eigenvalue weighted by atomic mass is 10.0. The number of hydrogen-bond donors (Lipinski definition) is 3. The summed E-state index contributed by atoms with van der Waals surface area (Å²) in [6, 6.07) is 5.06. The van der Waals surface area contributed by atoms with Gasteiger partial charge in [-0.3, -0.25) is 0 Å². The molecule has 1 aliphatic rings. The van der Waals surface area contributed by atoms with E-state index < -0.39 is 0 Å². The van der Waals surface area contributed by atoms with Crippen LogP contribution in [0.3, 0.4) is 0 Å². The molecule has 16 heavy (non-hydrogen) atoms. The number of ether oxygens (including phenoxy) is 1. The third-order valence-electron chi connectivity index (χ3n) is 2.96. The molecule has 0 amide bonds. The molecule has 0 saturated carbocycles. The fourth-order valence-corrected chi connectivity index (χ4v) is 2.05. The minimum Gasteiger partial charge on any atom is -0.508 e. The third kappa shape index (κ3) is 1.45. The van der Waals surface area contributed by atoms with Crippen molar-refractivity contribution in [2.75, 3.05) is 13.2 Å². The van der Waals surface area contributed by atoms with E-state index in [9.17, 15) is 5.11 Å². The maximum absolute atomic E-state index is 9.36. The Morgan fingerprint density at radius 2 is 2.31 bits per heavy atom. The molecule has 0 aliphatic carbocycles. The molecular formula is C11H13N3O2. The Balaban J connectivity index is 2.04. The van der Waals surface area contributed by atoms with Crippen molar-refractivity contribution >= 4 is 11.0 Å². The zero-order chi connectivity index (χ0) is 11.1. The molecule has 5 nitrogen and oxygen atoms in total. The van der Waals surface area contributed by atoms with Gasteiger partial charge in [0, 0.05) is 12.1 Å². The smallest absolute Gasteiger partial charge is 0.117 e. The number of aromatic amines is 1. The molecule has 1 saturated heterocycles. The molecule has 1 fully saturated rings. The fourth-order valence-electron chi connectivity index (χ4n) is 2.05. The van der Waals surface area contributed by atoms with Crippen LogP contribution in [0.4, 0.5) is 0 Å². The van der Waals surface area contributed by atoms with Crippen LogP contribution in [-0.4, -0.2) is 34.3 Å². The molecule has 2 heterocycles. The fraction of sp³-hybridized carbons (Fsp3) is 0.364. The van der Waals surface area contributed by atoms with Crippen LogP contribution in [0.5, 0.6) is 5.75 Å². The summed E-state index contributed by atoms with van der Waals surface area (Å²) in [5.74, 6) is 1.19. The van der Waals surface area contributed by atoms with E-state index in [2.05, 4.69) is 9.97 Å². The van der Waals surface area contributed by atoms with Gasteiger partial charge in [0.25, 0.3) is 0 Å². The van der Waals surface area contributed by atoms with Gasteiger partial charge in [0.2, 0.25) is 0 Å². The van der Waals surface area contributed by atoms with Gasteiger partial charge in [-0.05, 0) is 12.1 Å². The minimum atomic E-state index is -0.00541. The molecule has 1 aliphatic heterocycles. The van der Waals surface area contributed by atoms with Crippen LogP contribution in [0, 0.1) is 0 Å². The molecule has 2 aromatic rings. The van der Waals surface area contributed by atoms with E-state index in [-0.39, 0.29) is 17.7 Å². The highest BCUT2D eigenvalue weighted by atomic mass is 16.5. The lowest BCUT2D eigenvalue weighted by Crippen LogP contribution is -2.27. The Morgan fingerprint density at radius 3 is 3.06 bits per heavy atom. The molecule has 84 valence electrons. The van der Waals surface area contributed by atoms with Gasteiger partial charge in [0.15, 0.2) is 0 Å². The van der Waals surface area contributed by atoms with E-state index in [4.69, 9.17) is 10.5 Å². The van der Waals surface area contributed by atoms with E-state index in [1.54, 1.807) is 18.2 Å². The van der Waals surface area contributed by atoms with Crippen LogP contribution >= 0.6 is 0 Å². The Kier molecular flexibility index (Phi) is 2.08. The number of phenols is 1. The van der Waals surface area contributed by atoms with Crippen molar-refractivity contribution in [3.8, 4) is 5.75 Å². The Bertz CT molecular complexity index is 523. The van der Waals surface area contributed by atoms with Gasteiger partial charge in [-0.15, -0.1) is 0 Å². The first-order valence-electron chi connectivity index (χ1n) is 5.26. The zero-order valence-electron chi connectivity index (χ0n) is 8.68. The van der Waals surface area contributed by atoms with Crippen LogP contribution in [0.15, 0.2) is 18.2 Å². The van der Waals surface area contributed by atoms with Gasteiger partial charge in [-0.1, -0.05) is 0 Å². The number of fused-ring (bicyclic) bond motifs is 1. The number of H-pyrrole nitrogens is 1.